The van der Waals surface area contributed by atoms with Gasteiger partial charge in [0.25, 0.3) is 0 Å². The predicted molar refractivity (Wildman–Crippen MR) is 76.8 cm³/mol. The lowest BCUT2D eigenvalue weighted by atomic mass is 10.4. The molecular formula is C10H12N4OS3. The maximum atomic E-state index is 10.9. The van der Waals surface area contributed by atoms with E-state index in [4.69, 9.17) is 12.2 Å². The van der Waals surface area contributed by atoms with Gasteiger partial charge in [-0.2, -0.15) is 0 Å². The van der Waals surface area contributed by atoms with Gasteiger partial charge in [0.1, 0.15) is 0 Å². The number of amides is 1. The Morgan fingerprint density at radius 3 is 2.72 bits per heavy atom. The van der Waals surface area contributed by atoms with E-state index in [1.54, 1.807) is 0 Å². The second-order valence-electron chi connectivity index (χ2n) is 3.62. The standard InChI is InChI=1S/C10H12N4OS3/c1-4-14-5(2)7(17-10(14)16)8-12-13-9(18-8)11-6(3)15/h4H2,1-3H3,(H,11,13,15). The van der Waals surface area contributed by atoms with Gasteiger partial charge in [0.2, 0.25) is 11.0 Å². The van der Waals surface area contributed by atoms with Crippen molar-refractivity contribution in [2.45, 2.75) is 27.3 Å². The van der Waals surface area contributed by atoms with E-state index >= 15 is 0 Å². The molecule has 2 aromatic heterocycles. The normalized spacial score (nSPS) is 10.6. The van der Waals surface area contributed by atoms with Crippen molar-refractivity contribution in [1.82, 2.24) is 14.8 Å². The first-order chi connectivity index (χ1) is 8.52. The van der Waals surface area contributed by atoms with E-state index in [1.807, 2.05) is 6.92 Å². The highest BCUT2D eigenvalue weighted by Crippen LogP contribution is 2.33. The summed E-state index contributed by atoms with van der Waals surface area (Å²) in [5.41, 5.74) is 1.10. The lowest BCUT2D eigenvalue weighted by molar-refractivity contribution is -0.114. The lowest BCUT2D eigenvalue weighted by Crippen LogP contribution is -2.04. The van der Waals surface area contributed by atoms with Gasteiger partial charge in [-0.05, 0) is 26.1 Å². The molecule has 0 saturated heterocycles. The van der Waals surface area contributed by atoms with Crippen LogP contribution in [-0.4, -0.2) is 20.7 Å². The molecule has 18 heavy (non-hydrogen) atoms. The number of carbonyl (C=O) groups excluding carboxylic acids is 1. The maximum Gasteiger partial charge on any atom is 0.223 e. The Labute approximate surface area is 118 Å². The Bertz CT molecular complexity index is 640. The Morgan fingerprint density at radius 1 is 1.44 bits per heavy atom. The Kier molecular flexibility index (Phi) is 3.88. The van der Waals surface area contributed by atoms with Crippen molar-refractivity contribution in [3.05, 3.63) is 9.65 Å². The first-order valence-electron chi connectivity index (χ1n) is 5.34. The first-order valence-corrected chi connectivity index (χ1v) is 7.38. The number of anilines is 1. The zero-order valence-electron chi connectivity index (χ0n) is 10.2. The summed E-state index contributed by atoms with van der Waals surface area (Å²) in [6, 6.07) is 0. The zero-order chi connectivity index (χ0) is 13.3. The van der Waals surface area contributed by atoms with Crippen molar-refractivity contribution in [1.29, 1.82) is 0 Å². The molecule has 0 radical (unpaired) electrons. The van der Waals surface area contributed by atoms with Gasteiger partial charge in [-0.3, -0.25) is 4.79 Å². The van der Waals surface area contributed by atoms with Crippen LogP contribution in [0.15, 0.2) is 0 Å². The average molecular weight is 300 g/mol. The summed E-state index contributed by atoms with van der Waals surface area (Å²) in [6.45, 7) is 6.37. The summed E-state index contributed by atoms with van der Waals surface area (Å²) in [4.78, 5) is 12.0. The molecule has 0 bridgehead atoms. The SMILES string of the molecule is CCn1c(C)c(-c2nnc(NC(C)=O)s2)sc1=S. The van der Waals surface area contributed by atoms with Crippen LogP contribution in [0.4, 0.5) is 5.13 Å². The molecule has 2 aromatic rings. The first kappa shape index (κ1) is 13.3. The van der Waals surface area contributed by atoms with Crippen molar-refractivity contribution in [3.8, 4) is 9.88 Å². The van der Waals surface area contributed by atoms with Crippen LogP contribution in [0.1, 0.15) is 19.5 Å². The molecule has 0 unspecified atom stereocenters. The maximum absolute atomic E-state index is 10.9. The number of hydrogen-bond acceptors (Lipinski definition) is 6. The van der Waals surface area contributed by atoms with E-state index in [0.29, 0.717) is 5.13 Å². The molecule has 0 aromatic carbocycles. The van der Waals surface area contributed by atoms with Gasteiger partial charge in [0, 0.05) is 19.2 Å². The zero-order valence-corrected chi connectivity index (χ0v) is 12.6. The largest absolute Gasteiger partial charge is 0.327 e. The molecule has 0 aliphatic rings. The number of hydrogen-bond donors (Lipinski definition) is 1. The van der Waals surface area contributed by atoms with Crippen molar-refractivity contribution < 1.29 is 4.79 Å². The van der Waals surface area contributed by atoms with Crippen LogP contribution in [0.5, 0.6) is 0 Å². The molecule has 0 aliphatic carbocycles. The Hall–Kier alpha value is -1.12. The monoisotopic (exact) mass is 300 g/mol. The van der Waals surface area contributed by atoms with Crippen LogP contribution < -0.4 is 5.32 Å². The highest BCUT2D eigenvalue weighted by Gasteiger charge is 2.14. The second-order valence-corrected chi connectivity index (χ2v) is 6.24. The minimum atomic E-state index is -0.145. The minimum Gasteiger partial charge on any atom is -0.327 e. The fourth-order valence-electron chi connectivity index (χ4n) is 1.56. The molecule has 0 fully saturated rings. The summed E-state index contributed by atoms with van der Waals surface area (Å²) in [5, 5.41) is 12.0. The number of nitrogens with one attached hydrogen (secondary N) is 1. The van der Waals surface area contributed by atoms with E-state index in [9.17, 15) is 4.79 Å². The highest BCUT2D eigenvalue weighted by molar-refractivity contribution is 7.73. The number of aromatic nitrogens is 3. The smallest absolute Gasteiger partial charge is 0.223 e. The summed E-state index contributed by atoms with van der Waals surface area (Å²) >= 11 is 8.19. The molecule has 96 valence electrons. The molecule has 1 amide bonds. The second kappa shape index (κ2) is 5.25. The Morgan fingerprint density at radius 2 is 2.17 bits per heavy atom. The molecule has 0 atom stereocenters. The Balaban J connectivity index is 2.40. The van der Waals surface area contributed by atoms with Gasteiger partial charge in [-0.15, -0.1) is 21.5 Å². The van der Waals surface area contributed by atoms with Crippen molar-refractivity contribution in [2.75, 3.05) is 5.32 Å². The van der Waals surface area contributed by atoms with Gasteiger partial charge >= 0.3 is 0 Å². The van der Waals surface area contributed by atoms with Crippen molar-refractivity contribution in [3.63, 3.8) is 0 Å². The molecule has 1 N–H and O–H groups in total. The van der Waals surface area contributed by atoms with Crippen molar-refractivity contribution >= 4 is 45.9 Å². The molecule has 2 rings (SSSR count). The van der Waals surface area contributed by atoms with Crippen LogP contribution in [-0.2, 0) is 11.3 Å². The van der Waals surface area contributed by atoms with E-state index < -0.39 is 0 Å². The fraction of sp³-hybridized carbons (Fsp3) is 0.400. The molecule has 2 heterocycles. The lowest BCUT2D eigenvalue weighted by Gasteiger charge is -2.00. The third-order valence-electron chi connectivity index (χ3n) is 2.36. The van der Waals surface area contributed by atoms with E-state index in [0.717, 1.165) is 26.1 Å². The number of thiazole rings is 1. The van der Waals surface area contributed by atoms with Gasteiger partial charge < -0.3 is 9.88 Å². The summed E-state index contributed by atoms with van der Waals surface area (Å²) in [5.74, 6) is -0.145. The number of rotatable bonds is 3. The van der Waals surface area contributed by atoms with Crippen LogP contribution >= 0.6 is 34.9 Å². The quantitative estimate of drug-likeness (QED) is 0.885. The summed E-state index contributed by atoms with van der Waals surface area (Å²) in [7, 11) is 0. The molecule has 8 heteroatoms. The molecule has 5 nitrogen and oxygen atoms in total. The molecule has 0 spiro atoms. The minimum absolute atomic E-state index is 0.145. The van der Waals surface area contributed by atoms with Crippen molar-refractivity contribution in [2.24, 2.45) is 0 Å². The van der Waals surface area contributed by atoms with Gasteiger partial charge in [-0.25, -0.2) is 0 Å². The third-order valence-corrected chi connectivity index (χ3v) is 4.91. The van der Waals surface area contributed by atoms with E-state index in [2.05, 4.69) is 27.0 Å². The number of carbonyl (C=O) groups is 1. The predicted octanol–water partition coefficient (Wildman–Crippen LogP) is 3.08. The van der Waals surface area contributed by atoms with Gasteiger partial charge in [-0.1, -0.05) is 11.3 Å². The van der Waals surface area contributed by atoms with Crippen LogP contribution in [0.25, 0.3) is 9.88 Å². The van der Waals surface area contributed by atoms with Gasteiger partial charge in [0.05, 0.1) is 4.88 Å². The summed E-state index contributed by atoms with van der Waals surface area (Å²) < 4.78 is 2.90. The highest BCUT2D eigenvalue weighted by atomic mass is 32.1. The van der Waals surface area contributed by atoms with Crippen LogP contribution in [0.2, 0.25) is 0 Å². The average Bonchev–Trinajstić information content (AvgIpc) is 2.83. The fourth-order valence-corrected chi connectivity index (χ4v) is 4.04. The third kappa shape index (κ3) is 2.50. The molecule has 0 saturated carbocycles. The van der Waals surface area contributed by atoms with Crippen LogP contribution in [0, 0.1) is 10.9 Å². The molecular weight excluding hydrogens is 288 g/mol. The van der Waals surface area contributed by atoms with E-state index in [1.165, 1.54) is 29.6 Å². The van der Waals surface area contributed by atoms with Crippen LogP contribution in [0.3, 0.4) is 0 Å². The molecule has 0 aliphatic heterocycles. The number of nitrogens with zero attached hydrogens (tertiary/aromatic N) is 3. The topological polar surface area (TPSA) is 59.8 Å². The van der Waals surface area contributed by atoms with Gasteiger partial charge in [0.15, 0.2) is 8.96 Å². The summed E-state index contributed by atoms with van der Waals surface area (Å²) in [6.07, 6.45) is 0. The van der Waals surface area contributed by atoms with E-state index in [-0.39, 0.29) is 5.91 Å².